The Morgan fingerprint density at radius 2 is 1.97 bits per heavy atom. The van der Waals surface area contributed by atoms with Gasteiger partial charge in [0.15, 0.2) is 5.76 Å². The molecule has 2 aromatic rings. The van der Waals surface area contributed by atoms with Crippen LogP contribution in [0, 0.1) is 18.7 Å². The number of piperidine rings is 1. The number of hydrogen-bond acceptors (Lipinski definition) is 5. The van der Waals surface area contributed by atoms with E-state index in [9.17, 15) is 18.8 Å². The molecule has 0 spiro atoms. The van der Waals surface area contributed by atoms with Crippen LogP contribution in [0.2, 0.25) is 0 Å². The first kappa shape index (κ1) is 24.9. The number of nitrogens with one attached hydrogen (secondary N) is 1. The van der Waals surface area contributed by atoms with Crippen LogP contribution in [0.1, 0.15) is 40.9 Å². The van der Waals surface area contributed by atoms with E-state index < -0.39 is 11.6 Å². The molecule has 9 heteroatoms. The zero-order valence-corrected chi connectivity index (χ0v) is 20.6. The molecular weight excluding hydrogens is 451 g/mol. The molecule has 8 nitrogen and oxygen atoms in total. The summed E-state index contributed by atoms with van der Waals surface area (Å²) in [7, 11) is 3.89. The molecule has 35 heavy (non-hydrogen) atoms. The monoisotopic (exact) mass is 484 g/mol. The van der Waals surface area contributed by atoms with Crippen molar-refractivity contribution in [1.29, 1.82) is 0 Å². The molecule has 1 aromatic heterocycles. The van der Waals surface area contributed by atoms with Crippen molar-refractivity contribution >= 4 is 17.8 Å². The Hall–Kier alpha value is -3.20. The predicted molar refractivity (Wildman–Crippen MR) is 128 cm³/mol. The van der Waals surface area contributed by atoms with Crippen molar-refractivity contribution in [1.82, 2.24) is 20.0 Å². The number of rotatable bonds is 8. The lowest BCUT2D eigenvalue weighted by molar-refractivity contribution is -0.134. The first-order chi connectivity index (χ1) is 16.7. The van der Waals surface area contributed by atoms with E-state index in [0.29, 0.717) is 50.2 Å². The van der Waals surface area contributed by atoms with E-state index in [-0.39, 0.29) is 30.0 Å². The highest BCUT2D eigenvalue weighted by atomic mass is 19.1. The third-order valence-electron chi connectivity index (χ3n) is 7.10. The van der Waals surface area contributed by atoms with E-state index in [1.165, 1.54) is 23.3 Å². The van der Waals surface area contributed by atoms with E-state index in [0.717, 1.165) is 12.1 Å². The summed E-state index contributed by atoms with van der Waals surface area (Å²) in [5, 5.41) is 3.00. The van der Waals surface area contributed by atoms with Crippen LogP contribution < -0.4 is 5.32 Å². The summed E-state index contributed by atoms with van der Waals surface area (Å²) in [6.45, 7) is 3.79. The highest BCUT2D eigenvalue weighted by Gasteiger charge is 2.56. The van der Waals surface area contributed by atoms with E-state index in [1.54, 1.807) is 23.1 Å². The van der Waals surface area contributed by atoms with Gasteiger partial charge in [-0.3, -0.25) is 14.5 Å². The Bertz CT molecular complexity index is 1090. The fourth-order valence-corrected chi connectivity index (χ4v) is 5.21. The molecule has 1 N–H and O–H groups in total. The minimum Gasteiger partial charge on any atom is -0.459 e. The van der Waals surface area contributed by atoms with Crippen LogP contribution in [-0.4, -0.2) is 78.4 Å². The number of likely N-dealkylation sites (tertiary alicyclic amines) is 1. The Balaban J connectivity index is 1.55. The van der Waals surface area contributed by atoms with Gasteiger partial charge in [0.25, 0.3) is 11.8 Å². The van der Waals surface area contributed by atoms with E-state index in [4.69, 9.17) is 4.42 Å². The molecule has 1 aromatic carbocycles. The molecule has 1 atom stereocenters. The molecule has 4 rings (SSSR count). The van der Waals surface area contributed by atoms with Crippen molar-refractivity contribution in [2.45, 2.75) is 38.1 Å². The lowest BCUT2D eigenvalue weighted by atomic mass is 9.74. The summed E-state index contributed by atoms with van der Waals surface area (Å²) in [6, 6.07) is 7.51. The van der Waals surface area contributed by atoms with Crippen molar-refractivity contribution in [3.63, 3.8) is 0 Å². The van der Waals surface area contributed by atoms with E-state index in [1.807, 2.05) is 25.9 Å². The molecule has 2 aliphatic rings. The molecule has 1 unspecified atom stereocenters. The van der Waals surface area contributed by atoms with Crippen LogP contribution in [0.4, 0.5) is 9.18 Å². The van der Waals surface area contributed by atoms with Crippen LogP contribution >= 0.6 is 0 Å². The second-order valence-electron chi connectivity index (χ2n) is 9.82. The Morgan fingerprint density at radius 1 is 1.23 bits per heavy atom. The molecule has 0 bridgehead atoms. The summed E-state index contributed by atoms with van der Waals surface area (Å²) in [5.74, 6) is -0.682. The minimum atomic E-state index is -1.17. The number of furan rings is 1. The number of urea groups is 1. The van der Waals surface area contributed by atoms with Crippen LogP contribution in [0.5, 0.6) is 0 Å². The number of halogens is 1. The lowest BCUT2D eigenvalue weighted by Crippen LogP contribution is -2.58. The smallest absolute Gasteiger partial charge is 0.325 e. The maximum atomic E-state index is 14.0. The van der Waals surface area contributed by atoms with Gasteiger partial charge in [-0.25, -0.2) is 9.18 Å². The average molecular weight is 485 g/mol. The quantitative estimate of drug-likeness (QED) is 0.582. The first-order valence-corrected chi connectivity index (χ1v) is 12.1. The van der Waals surface area contributed by atoms with Gasteiger partial charge in [-0.15, -0.1) is 0 Å². The minimum absolute atomic E-state index is 0.169. The topological polar surface area (TPSA) is 86.1 Å². The first-order valence-electron chi connectivity index (χ1n) is 12.1. The summed E-state index contributed by atoms with van der Waals surface area (Å²) < 4.78 is 19.3. The molecule has 2 aliphatic heterocycles. The van der Waals surface area contributed by atoms with Gasteiger partial charge in [0.2, 0.25) is 0 Å². The highest BCUT2D eigenvalue weighted by Crippen LogP contribution is 2.37. The van der Waals surface area contributed by atoms with Crippen molar-refractivity contribution in [3.05, 3.63) is 59.3 Å². The molecule has 0 saturated carbocycles. The third-order valence-corrected chi connectivity index (χ3v) is 7.10. The number of carbonyl (C=O) groups excluding carboxylic acids is 3. The summed E-state index contributed by atoms with van der Waals surface area (Å²) >= 11 is 0. The predicted octanol–water partition coefficient (Wildman–Crippen LogP) is 3.06. The molecule has 3 heterocycles. The van der Waals surface area contributed by atoms with Gasteiger partial charge in [0.1, 0.15) is 11.4 Å². The SMILES string of the molecule is Cc1ccoc1C(=O)N1CCC(C2(Cc3cccc(F)c3)NC(=O)N(CCCN(C)C)C2=O)CC1. The summed E-state index contributed by atoms with van der Waals surface area (Å²) in [4.78, 5) is 44.7. The maximum absolute atomic E-state index is 14.0. The number of hydrogen-bond donors (Lipinski definition) is 1. The Morgan fingerprint density at radius 3 is 2.60 bits per heavy atom. The summed E-state index contributed by atoms with van der Waals surface area (Å²) in [5.41, 5.74) is 0.267. The zero-order valence-electron chi connectivity index (χ0n) is 20.6. The average Bonchev–Trinajstić information content (AvgIpc) is 3.35. The van der Waals surface area contributed by atoms with Gasteiger partial charge >= 0.3 is 6.03 Å². The standard InChI is InChI=1S/C26H33FN4O4/c1-18-10-15-35-22(18)23(32)30-13-8-20(9-14-30)26(17-19-6-4-7-21(27)16-19)24(33)31(25(34)28-26)12-5-11-29(2)3/h4,6-7,10,15-16,20H,5,8-9,11-14,17H2,1-3H3,(H,28,34). The van der Waals surface area contributed by atoms with Gasteiger partial charge in [0, 0.05) is 31.6 Å². The van der Waals surface area contributed by atoms with Crippen LogP contribution in [-0.2, 0) is 11.2 Å². The summed E-state index contributed by atoms with van der Waals surface area (Å²) in [6.07, 6.45) is 3.45. The van der Waals surface area contributed by atoms with Crippen molar-refractivity contribution in [3.8, 4) is 0 Å². The molecule has 0 aliphatic carbocycles. The second-order valence-corrected chi connectivity index (χ2v) is 9.82. The molecule has 188 valence electrons. The zero-order chi connectivity index (χ0) is 25.2. The Labute approximate surface area is 205 Å². The number of imide groups is 1. The van der Waals surface area contributed by atoms with Gasteiger partial charge in [-0.1, -0.05) is 12.1 Å². The molecular formula is C26H33FN4O4. The fourth-order valence-electron chi connectivity index (χ4n) is 5.21. The van der Waals surface area contributed by atoms with Crippen molar-refractivity contribution < 1.29 is 23.2 Å². The maximum Gasteiger partial charge on any atom is 0.325 e. The number of aryl methyl sites for hydroxylation is 1. The van der Waals surface area contributed by atoms with E-state index >= 15 is 0 Å². The van der Waals surface area contributed by atoms with Gasteiger partial charge in [-0.05, 0) is 76.5 Å². The lowest BCUT2D eigenvalue weighted by Gasteiger charge is -2.41. The third kappa shape index (κ3) is 5.10. The Kier molecular flexibility index (Phi) is 7.25. The molecule has 4 amide bonds. The van der Waals surface area contributed by atoms with Crippen LogP contribution in [0.25, 0.3) is 0 Å². The van der Waals surface area contributed by atoms with Crippen LogP contribution in [0.15, 0.2) is 41.0 Å². The largest absolute Gasteiger partial charge is 0.459 e. The fraction of sp³-hybridized carbons (Fsp3) is 0.500. The van der Waals surface area contributed by atoms with Gasteiger partial charge in [-0.2, -0.15) is 0 Å². The number of nitrogens with zero attached hydrogens (tertiary/aromatic N) is 3. The number of amides is 4. The second kappa shape index (κ2) is 10.2. The highest BCUT2D eigenvalue weighted by molar-refractivity contribution is 6.07. The molecule has 0 radical (unpaired) electrons. The normalized spacial score (nSPS) is 21.2. The van der Waals surface area contributed by atoms with Gasteiger partial charge in [0.05, 0.1) is 6.26 Å². The number of benzene rings is 1. The molecule has 2 saturated heterocycles. The van der Waals surface area contributed by atoms with Crippen LogP contribution in [0.3, 0.4) is 0 Å². The number of carbonyl (C=O) groups is 3. The van der Waals surface area contributed by atoms with Crippen molar-refractivity contribution in [2.75, 3.05) is 40.3 Å². The van der Waals surface area contributed by atoms with Crippen molar-refractivity contribution in [2.24, 2.45) is 5.92 Å². The van der Waals surface area contributed by atoms with E-state index in [2.05, 4.69) is 5.32 Å². The van der Waals surface area contributed by atoms with Gasteiger partial charge < -0.3 is 19.5 Å². The molecule has 2 fully saturated rings.